The first kappa shape index (κ1) is 8.80. The van der Waals surface area contributed by atoms with E-state index in [0.29, 0.717) is 0 Å². The number of ether oxygens (including phenoxy) is 1. The van der Waals surface area contributed by atoms with Crippen LogP contribution < -0.4 is 4.74 Å². The van der Waals surface area contributed by atoms with Crippen molar-refractivity contribution in [3.05, 3.63) is 23.1 Å². The topological polar surface area (TPSA) is 46.5 Å². The minimum Gasteiger partial charge on any atom is -0.487 e. The molecule has 0 saturated carbocycles. The number of carbonyl (C=O) groups is 1. The maximum Gasteiger partial charge on any atom is 0.328 e. The number of hydrogen-bond acceptors (Lipinski definition) is 3. The average molecular weight is 184 g/mol. The minimum absolute atomic E-state index is 0.778. The summed E-state index contributed by atoms with van der Waals surface area (Å²) in [4.78, 5) is 10.1. The van der Waals surface area contributed by atoms with E-state index < -0.39 is 5.97 Å². The van der Waals surface area contributed by atoms with Crippen LogP contribution >= 0.6 is 11.3 Å². The molecule has 0 unspecified atom stereocenters. The molecule has 0 aliphatic rings. The van der Waals surface area contributed by atoms with Gasteiger partial charge in [0.15, 0.2) is 5.06 Å². The highest BCUT2D eigenvalue weighted by Crippen LogP contribution is 2.22. The summed E-state index contributed by atoms with van der Waals surface area (Å²) in [6.45, 7) is 0. The van der Waals surface area contributed by atoms with Gasteiger partial charge in [-0.15, -0.1) is 11.3 Å². The van der Waals surface area contributed by atoms with E-state index in [1.165, 1.54) is 17.4 Å². The van der Waals surface area contributed by atoms with Gasteiger partial charge < -0.3 is 9.84 Å². The van der Waals surface area contributed by atoms with E-state index in [0.717, 1.165) is 16.7 Å². The van der Waals surface area contributed by atoms with Gasteiger partial charge in [0.2, 0.25) is 0 Å². The van der Waals surface area contributed by atoms with Gasteiger partial charge in [-0.3, -0.25) is 0 Å². The summed E-state index contributed by atoms with van der Waals surface area (Å²) in [6, 6.07) is 1.78. The first-order chi connectivity index (χ1) is 5.72. The third kappa shape index (κ3) is 2.39. The molecule has 0 radical (unpaired) electrons. The number of aliphatic carboxylic acids is 1. The smallest absolute Gasteiger partial charge is 0.328 e. The van der Waals surface area contributed by atoms with Gasteiger partial charge in [0.25, 0.3) is 0 Å². The predicted molar refractivity (Wildman–Crippen MR) is 47.5 cm³/mol. The Balaban J connectivity index is 2.70. The van der Waals surface area contributed by atoms with Crippen molar-refractivity contribution in [1.82, 2.24) is 0 Å². The second-order valence-corrected chi connectivity index (χ2v) is 2.95. The number of rotatable bonds is 3. The van der Waals surface area contributed by atoms with Crippen molar-refractivity contribution in [3.63, 3.8) is 0 Å². The van der Waals surface area contributed by atoms with Crippen molar-refractivity contribution in [2.24, 2.45) is 0 Å². The number of thiophene rings is 1. The van der Waals surface area contributed by atoms with Crippen LogP contribution in [0.1, 0.15) is 5.56 Å². The number of carboxylic acid groups (broad SMARTS) is 1. The van der Waals surface area contributed by atoms with Crippen molar-refractivity contribution >= 4 is 23.4 Å². The quantitative estimate of drug-likeness (QED) is 0.729. The fraction of sp³-hybridized carbons (Fsp3) is 0.125. The molecule has 1 aromatic heterocycles. The van der Waals surface area contributed by atoms with Gasteiger partial charge in [-0.25, -0.2) is 4.79 Å². The lowest BCUT2D eigenvalue weighted by Gasteiger charge is -1.87. The third-order valence-electron chi connectivity index (χ3n) is 1.22. The standard InChI is InChI=1S/C8H8O3S/c1-11-8-4-6(5-12-8)2-3-7(9)10/h2-5H,1H3,(H,9,10)/b3-2+. The molecule has 0 atom stereocenters. The monoisotopic (exact) mass is 184 g/mol. The fourth-order valence-electron chi connectivity index (χ4n) is 0.692. The summed E-state index contributed by atoms with van der Waals surface area (Å²) >= 11 is 1.43. The van der Waals surface area contributed by atoms with Crippen LogP contribution in [-0.4, -0.2) is 18.2 Å². The molecule has 64 valence electrons. The molecule has 1 heterocycles. The Labute approximate surface area is 73.9 Å². The van der Waals surface area contributed by atoms with Gasteiger partial charge in [-0.2, -0.15) is 0 Å². The van der Waals surface area contributed by atoms with Crippen molar-refractivity contribution in [3.8, 4) is 5.06 Å². The lowest BCUT2D eigenvalue weighted by Crippen LogP contribution is -1.84. The van der Waals surface area contributed by atoms with Crippen LogP contribution in [0.2, 0.25) is 0 Å². The Morgan fingerprint density at radius 2 is 2.50 bits per heavy atom. The molecule has 0 bridgehead atoms. The van der Waals surface area contributed by atoms with Gasteiger partial charge in [0, 0.05) is 11.5 Å². The van der Waals surface area contributed by atoms with Crippen LogP contribution in [0.4, 0.5) is 0 Å². The zero-order chi connectivity index (χ0) is 8.97. The van der Waals surface area contributed by atoms with E-state index in [1.54, 1.807) is 13.2 Å². The van der Waals surface area contributed by atoms with E-state index in [4.69, 9.17) is 9.84 Å². The Bertz CT molecular complexity index is 301. The number of carboxylic acids is 1. The molecular formula is C8H8O3S. The molecule has 0 fully saturated rings. The van der Waals surface area contributed by atoms with Gasteiger partial charge in [-0.05, 0) is 17.7 Å². The van der Waals surface area contributed by atoms with Crippen LogP contribution in [0.5, 0.6) is 5.06 Å². The number of hydrogen-bond donors (Lipinski definition) is 1. The molecule has 0 aliphatic heterocycles. The Morgan fingerprint density at radius 1 is 1.75 bits per heavy atom. The summed E-state index contributed by atoms with van der Waals surface area (Å²) in [5.74, 6) is -0.944. The first-order valence-electron chi connectivity index (χ1n) is 3.26. The van der Waals surface area contributed by atoms with Gasteiger partial charge in [0.1, 0.15) is 0 Å². The van der Waals surface area contributed by atoms with Crippen molar-refractivity contribution in [1.29, 1.82) is 0 Å². The molecule has 0 amide bonds. The van der Waals surface area contributed by atoms with Crippen molar-refractivity contribution < 1.29 is 14.6 Å². The van der Waals surface area contributed by atoms with Gasteiger partial charge in [0.05, 0.1) is 7.11 Å². The second kappa shape index (κ2) is 3.92. The molecule has 1 N–H and O–H groups in total. The van der Waals surface area contributed by atoms with E-state index in [2.05, 4.69) is 0 Å². The SMILES string of the molecule is COc1cc(/C=C/C(=O)O)cs1. The van der Waals surface area contributed by atoms with Crippen LogP contribution in [0.3, 0.4) is 0 Å². The predicted octanol–water partition coefficient (Wildman–Crippen LogP) is 1.85. The molecule has 1 rings (SSSR count). The summed E-state index contributed by atoms with van der Waals surface area (Å²) in [5, 5.41) is 10.9. The molecule has 4 heteroatoms. The van der Waals surface area contributed by atoms with E-state index in [9.17, 15) is 4.79 Å². The third-order valence-corrected chi connectivity index (χ3v) is 2.12. The van der Waals surface area contributed by atoms with Crippen molar-refractivity contribution in [2.75, 3.05) is 7.11 Å². The maximum atomic E-state index is 10.1. The zero-order valence-corrected chi connectivity index (χ0v) is 7.30. The number of methoxy groups -OCH3 is 1. The molecular weight excluding hydrogens is 176 g/mol. The minimum atomic E-state index is -0.944. The summed E-state index contributed by atoms with van der Waals surface area (Å²) in [6.07, 6.45) is 2.63. The molecule has 12 heavy (non-hydrogen) atoms. The molecule has 0 aliphatic carbocycles. The van der Waals surface area contributed by atoms with Crippen molar-refractivity contribution in [2.45, 2.75) is 0 Å². The zero-order valence-electron chi connectivity index (χ0n) is 6.48. The maximum absolute atomic E-state index is 10.1. The highest BCUT2D eigenvalue weighted by molar-refractivity contribution is 7.12. The highest BCUT2D eigenvalue weighted by atomic mass is 32.1. The summed E-state index contributed by atoms with van der Waals surface area (Å²) < 4.78 is 4.94. The molecule has 0 aromatic carbocycles. The largest absolute Gasteiger partial charge is 0.487 e. The second-order valence-electron chi connectivity index (χ2n) is 2.07. The van der Waals surface area contributed by atoms with E-state index in [1.807, 2.05) is 5.38 Å². The Morgan fingerprint density at radius 3 is 3.00 bits per heavy atom. The molecule has 3 nitrogen and oxygen atoms in total. The average Bonchev–Trinajstić information content (AvgIpc) is 2.48. The first-order valence-corrected chi connectivity index (χ1v) is 4.14. The molecule has 1 aromatic rings. The fourth-order valence-corrected chi connectivity index (χ4v) is 1.39. The van der Waals surface area contributed by atoms with Crippen LogP contribution in [-0.2, 0) is 4.79 Å². The van der Waals surface area contributed by atoms with E-state index in [-0.39, 0.29) is 0 Å². The summed E-state index contributed by atoms with van der Waals surface area (Å²) in [7, 11) is 1.58. The lowest BCUT2D eigenvalue weighted by molar-refractivity contribution is -0.131. The van der Waals surface area contributed by atoms with Gasteiger partial charge in [-0.1, -0.05) is 0 Å². The van der Waals surface area contributed by atoms with E-state index >= 15 is 0 Å². The Kier molecular flexibility index (Phi) is 2.88. The van der Waals surface area contributed by atoms with Crippen LogP contribution in [0.15, 0.2) is 17.5 Å². The highest BCUT2D eigenvalue weighted by Gasteiger charge is 1.95. The molecule has 0 saturated heterocycles. The molecule has 0 spiro atoms. The summed E-state index contributed by atoms with van der Waals surface area (Å²) in [5.41, 5.74) is 0.847. The van der Waals surface area contributed by atoms with Crippen LogP contribution in [0.25, 0.3) is 6.08 Å². The normalized spacial score (nSPS) is 10.4. The van der Waals surface area contributed by atoms with Gasteiger partial charge >= 0.3 is 5.97 Å². The lowest BCUT2D eigenvalue weighted by atomic mass is 10.3. The Hall–Kier alpha value is -1.29. The van der Waals surface area contributed by atoms with Crippen LogP contribution in [0, 0.1) is 0 Å².